The monoisotopic (exact) mass is 253 g/mol. The molecular formula is C14H23NO3. The summed E-state index contributed by atoms with van der Waals surface area (Å²) >= 11 is 0. The van der Waals surface area contributed by atoms with Crippen molar-refractivity contribution >= 4 is 5.91 Å². The number of amides is 1. The first-order valence-corrected chi connectivity index (χ1v) is 6.74. The van der Waals surface area contributed by atoms with E-state index in [9.17, 15) is 4.79 Å². The van der Waals surface area contributed by atoms with Crippen LogP contribution in [0.2, 0.25) is 0 Å². The molecule has 102 valence electrons. The van der Waals surface area contributed by atoms with Crippen molar-refractivity contribution in [2.75, 3.05) is 19.7 Å². The Morgan fingerprint density at radius 3 is 2.67 bits per heavy atom. The molecule has 4 nitrogen and oxygen atoms in total. The van der Waals surface area contributed by atoms with Gasteiger partial charge < -0.3 is 14.4 Å². The summed E-state index contributed by atoms with van der Waals surface area (Å²) < 4.78 is 11.3. The highest BCUT2D eigenvalue weighted by Gasteiger charge is 2.37. The molecule has 2 heterocycles. The number of ether oxygens (including phenoxy) is 2. The minimum atomic E-state index is -0.539. The highest BCUT2D eigenvalue weighted by molar-refractivity contribution is 5.77. The predicted octanol–water partition coefficient (Wildman–Crippen LogP) is 1.95. The van der Waals surface area contributed by atoms with Crippen LogP contribution in [0.4, 0.5) is 0 Å². The van der Waals surface area contributed by atoms with Gasteiger partial charge in [0.1, 0.15) is 0 Å². The summed E-state index contributed by atoms with van der Waals surface area (Å²) in [6, 6.07) is 0. The maximum absolute atomic E-state index is 12.1. The Hall–Kier alpha value is -0.870. The smallest absolute Gasteiger partial charge is 0.223 e. The minimum absolute atomic E-state index is 0.0416. The van der Waals surface area contributed by atoms with Crippen LogP contribution in [0, 0.1) is 5.92 Å². The fourth-order valence-electron chi connectivity index (χ4n) is 2.59. The van der Waals surface area contributed by atoms with Crippen molar-refractivity contribution < 1.29 is 14.3 Å². The summed E-state index contributed by atoms with van der Waals surface area (Å²) in [5, 5.41) is 0. The maximum atomic E-state index is 12.1. The third kappa shape index (κ3) is 3.12. The summed E-state index contributed by atoms with van der Waals surface area (Å²) in [4.78, 5) is 14.1. The molecule has 0 saturated carbocycles. The standard InChI is InChI=1S/C14H23NO3/c1-4-11(12-10-17-14(2,3)18-12)9-13(16)15-7-5-6-8-15/h4,11-12H,1,5-10H2,2-3H3/t11-,12?/m1/s1. The van der Waals surface area contributed by atoms with Gasteiger partial charge in [-0.1, -0.05) is 6.08 Å². The van der Waals surface area contributed by atoms with Gasteiger partial charge in [-0.3, -0.25) is 4.79 Å². The van der Waals surface area contributed by atoms with Crippen molar-refractivity contribution in [3.8, 4) is 0 Å². The fraction of sp³-hybridized carbons (Fsp3) is 0.786. The lowest BCUT2D eigenvalue weighted by Crippen LogP contribution is -2.33. The molecule has 0 N–H and O–H groups in total. The van der Waals surface area contributed by atoms with Gasteiger partial charge in [0.15, 0.2) is 5.79 Å². The van der Waals surface area contributed by atoms with Crippen LogP contribution in [0.25, 0.3) is 0 Å². The van der Waals surface area contributed by atoms with Gasteiger partial charge in [0.25, 0.3) is 0 Å². The van der Waals surface area contributed by atoms with E-state index >= 15 is 0 Å². The summed E-state index contributed by atoms with van der Waals surface area (Å²) in [5.41, 5.74) is 0. The topological polar surface area (TPSA) is 38.8 Å². The number of likely N-dealkylation sites (tertiary alicyclic amines) is 1. The Labute approximate surface area is 109 Å². The second-order valence-electron chi connectivity index (χ2n) is 5.56. The van der Waals surface area contributed by atoms with E-state index in [0.717, 1.165) is 25.9 Å². The molecule has 0 spiro atoms. The van der Waals surface area contributed by atoms with Gasteiger partial charge in [-0.15, -0.1) is 6.58 Å². The molecule has 0 aliphatic carbocycles. The Bertz CT molecular complexity index is 321. The lowest BCUT2D eigenvalue weighted by molar-refractivity contribution is -0.146. The van der Waals surface area contributed by atoms with Gasteiger partial charge in [0, 0.05) is 25.4 Å². The van der Waals surface area contributed by atoms with Crippen LogP contribution < -0.4 is 0 Å². The van der Waals surface area contributed by atoms with E-state index in [-0.39, 0.29) is 17.9 Å². The number of hydrogen-bond acceptors (Lipinski definition) is 3. The Morgan fingerprint density at radius 1 is 1.50 bits per heavy atom. The lowest BCUT2D eigenvalue weighted by atomic mass is 9.98. The van der Waals surface area contributed by atoms with Crippen LogP contribution in [0.3, 0.4) is 0 Å². The van der Waals surface area contributed by atoms with Gasteiger partial charge in [-0.25, -0.2) is 0 Å². The van der Waals surface area contributed by atoms with Crippen molar-refractivity contribution in [3.63, 3.8) is 0 Å². The summed E-state index contributed by atoms with van der Waals surface area (Å²) in [6.07, 6.45) is 4.50. The molecule has 4 heteroatoms. The van der Waals surface area contributed by atoms with E-state index in [4.69, 9.17) is 9.47 Å². The van der Waals surface area contributed by atoms with Crippen LogP contribution in [-0.2, 0) is 14.3 Å². The molecule has 0 aromatic rings. The van der Waals surface area contributed by atoms with Crippen LogP contribution >= 0.6 is 0 Å². The lowest BCUT2D eigenvalue weighted by Gasteiger charge is -2.23. The molecule has 0 aromatic heterocycles. The third-order valence-electron chi connectivity index (χ3n) is 3.68. The Balaban J connectivity index is 1.89. The van der Waals surface area contributed by atoms with Crippen molar-refractivity contribution in [3.05, 3.63) is 12.7 Å². The first-order chi connectivity index (χ1) is 8.52. The van der Waals surface area contributed by atoms with Crippen LogP contribution in [0.1, 0.15) is 33.1 Å². The van der Waals surface area contributed by atoms with Gasteiger partial charge in [0.2, 0.25) is 5.91 Å². The number of hydrogen-bond donors (Lipinski definition) is 0. The molecule has 0 bridgehead atoms. The molecule has 2 aliphatic heterocycles. The molecule has 2 fully saturated rings. The third-order valence-corrected chi connectivity index (χ3v) is 3.68. The van der Waals surface area contributed by atoms with E-state index in [1.54, 1.807) is 0 Å². The molecule has 2 atom stereocenters. The summed E-state index contributed by atoms with van der Waals surface area (Å²) in [6.45, 7) is 9.96. The average molecular weight is 253 g/mol. The molecule has 2 aliphatic rings. The Morgan fingerprint density at radius 2 is 2.17 bits per heavy atom. The SMILES string of the molecule is C=C[C@H](CC(=O)N1CCCC1)C1COC(C)(C)O1. The molecule has 0 aromatic carbocycles. The molecule has 1 unspecified atom stereocenters. The zero-order valence-electron chi connectivity index (χ0n) is 11.4. The van der Waals surface area contributed by atoms with E-state index < -0.39 is 5.79 Å². The van der Waals surface area contributed by atoms with Gasteiger partial charge in [0.05, 0.1) is 12.7 Å². The van der Waals surface area contributed by atoms with Crippen LogP contribution in [0.5, 0.6) is 0 Å². The molecule has 0 radical (unpaired) electrons. The molecule has 2 saturated heterocycles. The molecule has 1 amide bonds. The van der Waals surface area contributed by atoms with Crippen molar-refractivity contribution in [1.82, 2.24) is 4.90 Å². The van der Waals surface area contributed by atoms with Crippen molar-refractivity contribution in [2.24, 2.45) is 5.92 Å². The zero-order valence-corrected chi connectivity index (χ0v) is 11.4. The van der Waals surface area contributed by atoms with Crippen LogP contribution in [0.15, 0.2) is 12.7 Å². The Kier molecular flexibility index (Phi) is 4.07. The van der Waals surface area contributed by atoms with E-state index in [2.05, 4.69) is 6.58 Å². The quantitative estimate of drug-likeness (QED) is 0.719. The van der Waals surface area contributed by atoms with E-state index in [0.29, 0.717) is 13.0 Å². The molecular weight excluding hydrogens is 230 g/mol. The second kappa shape index (κ2) is 5.41. The summed E-state index contributed by atoms with van der Waals surface area (Å²) in [7, 11) is 0. The van der Waals surface area contributed by atoms with Crippen molar-refractivity contribution in [1.29, 1.82) is 0 Å². The van der Waals surface area contributed by atoms with Gasteiger partial charge in [-0.2, -0.15) is 0 Å². The van der Waals surface area contributed by atoms with E-state index in [1.165, 1.54) is 0 Å². The normalized spacial score (nSPS) is 28.3. The highest BCUT2D eigenvalue weighted by Crippen LogP contribution is 2.29. The average Bonchev–Trinajstić information content (AvgIpc) is 2.94. The van der Waals surface area contributed by atoms with Crippen molar-refractivity contribution in [2.45, 2.75) is 45.0 Å². The first-order valence-electron chi connectivity index (χ1n) is 6.74. The number of carbonyl (C=O) groups excluding carboxylic acids is 1. The zero-order chi connectivity index (χ0) is 13.2. The van der Waals surface area contributed by atoms with Gasteiger partial charge >= 0.3 is 0 Å². The molecule has 18 heavy (non-hydrogen) atoms. The second-order valence-corrected chi connectivity index (χ2v) is 5.56. The largest absolute Gasteiger partial charge is 0.348 e. The molecule has 2 rings (SSSR count). The highest BCUT2D eigenvalue weighted by atomic mass is 16.7. The number of rotatable bonds is 4. The van der Waals surface area contributed by atoms with E-state index in [1.807, 2.05) is 24.8 Å². The predicted molar refractivity (Wildman–Crippen MR) is 69.0 cm³/mol. The van der Waals surface area contributed by atoms with Gasteiger partial charge in [-0.05, 0) is 26.7 Å². The minimum Gasteiger partial charge on any atom is -0.348 e. The van der Waals surface area contributed by atoms with Crippen LogP contribution in [-0.4, -0.2) is 42.4 Å². The number of nitrogens with zero attached hydrogens (tertiary/aromatic N) is 1. The first kappa shape index (κ1) is 13.6. The summed E-state index contributed by atoms with van der Waals surface area (Å²) in [5.74, 6) is -0.284. The number of carbonyl (C=O) groups is 1. The maximum Gasteiger partial charge on any atom is 0.223 e. The fourth-order valence-corrected chi connectivity index (χ4v) is 2.59.